The molecule has 3 aromatic heterocycles. The molecule has 3 aromatic rings. The Bertz CT molecular complexity index is 951. The van der Waals surface area contributed by atoms with Crippen molar-refractivity contribution < 1.29 is 14.0 Å². The van der Waals surface area contributed by atoms with E-state index in [4.69, 9.17) is 4.42 Å². The van der Waals surface area contributed by atoms with Gasteiger partial charge in [0, 0.05) is 10.3 Å². The molecule has 7 nitrogen and oxygen atoms in total. The fraction of sp³-hybridized carbons (Fsp3) is 0.294. The maximum atomic E-state index is 12.0. The van der Waals surface area contributed by atoms with Crippen molar-refractivity contribution in [3.8, 4) is 0 Å². The molecule has 0 aliphatic heterocycles. The van der Waals surface area contributed by atoms with Crippen LogP contribution in [0.25, 0.3) is 10.2 Å². The second-order valence-corrected chi connectivity index (χ2v) is 7.81. The number of furan rings is 1. The van der Waals surface area contributed by atoms with E-state index >= 15 is 0 Å². The van der Waals surface area contributed by atoms with Crippen LogP contribution in [-0.4, -0.2) is 27.7 Å². The summed E-state index contributed by atoms with van der Waals surface area (Å²) in [5.41, 5.74) is 1.13. The summed E-state index contributed by atoms with van der Waals surface area (Å²) in [6.45, 7) is 6.12. The van der Waals surface area contributed by atoms with Gasteiger partial charge in [-0.25, -0.2) is 14.8 Å². The number of imide groups is 1. The monoisotopic (exact) mass is 390 g/mol. The Hall–Kier alpha value is -2.39. The number of urea groups is 1. The highest BCUT2D eigenvalue weighted by atomic mass is 32.2. The zero-order valence-corrected chi connectivity index (χ0v) is 16.2. The molecule has 0 spiro atoms. The van der Waals surface area contributed by atoms with Gasteiger partial charge in [-0.2, -0.15) is 0 Å². The summed E-state index contributed by atoms with van der Waals surface area (Å²) in [4.78, 5) is 34.8. The van der Waals surface area contributed by atoms with Crippen LogP contribution in [0.2, 0.25) is 0 Å². The first kappa shape index (κ1) is 18.4. The topological polar surface area (TPSA) is 97.1 Å². The minimum atomic E-state index is -0.557. The third kappa shape index (κ3) is 4.23. The number of thioether (sulfide) groups is 1. The lowest BCUT2D eigenvalue weighted by atomic mass is 10.2. The summed E-state index contributed by atoms with van der Waals surface area (Å²) < 4.78 is 5.11. The number of thiophene rings is 1. The van der Waals surface area contributed by atoms with Crippen molar-refractivity contribution in [3.63, 3.8) is 0 Å². The molecule has 0 aliphatic rings. The Morgan fingerprint density at radius 1 is 1.27 bits per heavy atom. The Kier molecular flexibility index (Phi) is 5.58. The highest BCUT2D eigenvalue weighted by molar-refractivity contribution is 8.00. The summed E-state index contributed by atoms with van der Waals surface area (Å²) in [5, 5.41) is 6.62. The largest absolute Gasteiger partial charge is 0.467 e. The number of nitrogens with one attached hydrogen (secondary N) is 2. The van der Waals surface area contributed by atoms with Crippen molar-refractivity contribution in [2.75, 3.05) is 5.75 Å². The smallest absolute Gasteiger partial charge is 0.321 e. The van der Waals surface area contributed by atoms with Crippen LogP contribution in [0.1, 0.15) is 22.0 Å². The van der Waals surface area contributed by atoms with E-state index in [1.54, 1.807) is 23.5 Å². The maximum Gasteiger partial charge on any atom is 0.321 e. The number of amides is 3. The Morgan fingerprint density at radius 2 is 2.08 bits per heavy atom. The molecule has 3 heterocycles. The quantitative estimate of drug-likeness (QED) is 0.512. The highest BCUT2D eigenvalue weighted by Crippen LogP contribution is 2.34. The van der Waals surface area contributed by atoms with E-state index in [1.165, 1.54) is 22.9 Å². The molecule has 0 saturated heterocycles. The van der Waals surface area contributed by atoms with E-state index in [0.29, 0.717) is 11.6 Å². The summed E-state index contributed by atoms with van der Waals surface area (Å²) in [6.07, 6.45) is 1.52. The first-order chi connectivity index (χ1) is 12.4. The molecule has 0 radical (unpaired) electrons. The lowest BCUT2D eigenvalue weighted by Gasteiger charge is -2.07. The van der Waals surface area contributed by atoms with Gasteiger partial charge in [-0.15, -0.1) is 11.3 Å². The van der Waals surface area contributed by atoms with Gasteiger partial charge in [0.2, 0.25) is 5.91 Å². The van der Waals surface area contributed by atoms with Crippen LogP contribution in [0.4, 0.5) is 4.79 Å². The second kappa shape index (κ2) is 7.88. The van der Waals surface area contributed by atoms with Crippen molar-refractivity contribution >= 4 is 45.3 Å². The van der Waals surface area contributed by atoms with Crippen LogP contribution >= 0.6 is 23.1 Å². The Labute approximate surface area is 158 Å². The van der Waals surface area contributed by atoms with Crippen molar-refractivity contribution in [1.82, 2.24) is 20.6 Å². The number of hydrogen-bond donors (Lipinski definition) is 2. The van der Waals surface area contributed by atoms with Crippen LogP contribution in [0, 0.1) is 20.8 Å². The van der Waals surface area contributed by atoms with Gasteiger partial charge in [-0.3, -0.25) is 10.1 Å². The van der Waals surface area contributed by atoms with Gasteiger partial charge in [-0.05, 0) is 38.5 Å². The first-order valence-electron chi connectivity index (χ1n) is 7.91. The van der Waals surface area contributed by atoms with E-state index in [0.717, 1.165) is 20.8 Å². The molecular weight excluding hydrogens is 372 g/mol. The average Bonchev–Trinajstić information content (AvgIpc) is 3.19. The summed E-state index contributed by atoms with van der Waals surface area (Å²) in [5.74, 6) is 0.983. The predicted octanol–water partition coefficient (Wildman–Crippen LogP) is 3.33. The van der Waals surface area contributed by atoms with Crippen molar-refractivity contribution in [2.45, 2.75) is 32.3 Å². The lowest BCUT2D eigenvalue weighted by molar-refractivity contribution is -0.117. The molecule has 0 saturated carbocycles. The van der Waals surface area contributed by atoms with Crippen LogP contribution in [0.3, 0.4) is 0 Å². The van der Waals surface area contributed by atoms with Gasteiger partial charge in [0.1, 0.15) is 21.4 Å². The minimum absolute atomic E-state index is 0.0913. The van der Waals surface area contributed by atoms with Crippen molar-refractivity contribution in [3.05, 3.63) is 40.4 Å². The molecular formula is C17H18N4O3S2. The number of rotatable bonds is 5. The molecule has 0 fully saturated rings. The van der Waals surface area contributed by atoms with Crippen LogP contribution in [-0.2, 0) is 11.3 Å². The number of fused-ring (bicyclic) bond motifs is 1. The summed E-state index contributed by atoms with van der Waals surface area (Å²) >= 11 is 2.92. The zero-order valence-electron chi connectivity index (χ0n) is 14.6. The van der Waals surface area contributed by atoms with Gasteiger partial charge in [-0.1, -0.05) is 11.8 Å². The minimum Gasteiger partial charge on any atom is -0.467 e. The number of carbonyl (C=O) groups excluding carboxylic acids is 2. The highest BCUT2D eigenvalue weighted by Gasteiger charge is 2.16. The molecule has 9 heteroatoms. The molecule has 0 bridgehead atoms. The normalized spacial score (nSPS) is 10.9. The van der Waals surface area contributed by atoms with Gasteiger partial charge >= 0.3 is 6.03 Å². The number of carbonyl (C=O) groups is 2. The summed E-state index contributed by atoms with van der Waals surface area (Å²) in [6, 6.07) is 2.92. The molecule has 2 N–H and O–H groups in total. The third-order valence-electron chi connectivity index (χ3n) is 3.70. The predicted molar refractivity (Wildman–Crippen MR) is 101 cm³/mol. The number of hydrogen-bond acceptors (Lipinski definition) is 7. The number of aromatic nitrogens is 2. The Morgan fingerprint density at radius 3 is 2.81 bits per heavy atom. The van der Waals surface area contributed by atoms with E-state index in [9.17, 15) is 9.59 Å². The van der Waals surface area contributed by atoms with E-state index in [2.05, 4.69) is 20.6 Å². The Balaban J connectivity index is 1.59. The van der Waals surface area contributed by atoms with Gasteiger partial charge in [0.25, 0.3) is 0 Å². The van der Waals surface area contributed by atoms with Gasteiger partial charge < -0.3 is 9.73 Å². The number of aryl methyl sites for hydroxylation is 3. The average molecular weight is 390 g/mol. The SMILES string of the molecule is Cc1nc(SCC(=O)NC(=O)NCc2ccco2)c2c(C)c(C)sc2n1. The second-order valence-electron chi connectivity index (χ2n) is 5.64. The van der Waals surface area contributed by atoms with Gasteiger partial charge in [0.15, 0.2) is 0 Å². The third-order valence-corrected chi connectivity index (χ3v) is 5.78. The molecule has 0 aliphatic carbocycles. The molecule has 26 heavy (non-hydrogen) atoms. The summed E-state index contributed by atoms with van der Waals surface area (Å²) in [7, 11) is 0. The molecule has 0 atom stereocenters. The molecule has 136 valence electrons. The standard InChI is InChI=1S/C17H18N4O3S2/c1-9-10(2)26-16-14(9)15(19-11(3)20-16)25-8-13(22)21-17(23)18-7-12-5-4-6-24-12/h4-6H,7-8H2,1-3H3,(H2,18,21,22,23). The molecule has 3 rings (SSSR count). The van der Waals surface area contributed by atoms with Gasteiger partial charge in [0.05, 0.1) is 18.6 Å². The van der Waals surface area contributed by atoms with E-state index < -0.39 is 6.03 Å². The molecule has 0 aromatic carbocycles. The van der Waals surface area contributed by atoms with Crippen LogP contribution in [0.15, 0.2) is 27.8 Å². The zero-order chi connectivity index (χ0) is 18.7. The van der Waals surface area contributed by atoms with Crippen molar-refractivity contribution in [2.24, 2.45) is 0 Å². The molecule has 0 unspecified atom stereocenters. The van der Waals surface area contributed by atoms with Crippen molar-refractivity contribution in [1.29, 1.82) is 0 Å². The fourth-order valence-electron chi connectivity index (χ4n) is 2.34. The lowest BCUT2D eigenvalue weighted by Crippen LogP contribution is -2.39. The maximum absolute atomic E-state index is 12.0. The fourth-order valence-corrected chi connectivity index (χ4v) is 4.41. The van der Waals surface area contributed by atoms with Crippen LogP contribution < -0.4 is 10.6 Å². The molecule has 3 amide bonds. The number of nitrogens with zero attached hydrogens (tertiary/aromatic N) is 2. The first-order valence-corrected chi connectivity index (χ1v) is 9.71. The van der Waals surface area contributed by atoms with E-state index in [1.807, 2.05) is 20.8 Å². The van der Waals surface area contributed by atoms with Crippen LogP contribution in [0.5, 0.6) is 0 Å². The van der Waals surface area contributed by atoms with E-state index in [-0.39, 0.29) is 18.2 Å².